The predicted molar refractivity (Wildman–Crippen MR) is 66.0 cm³/mol. The van der Waals surface area contributed by atoms with Crippen molar-refractivity contribution in [2.75, 3.05) is 6.54 Å². The first-order valence-corrected chi connectivity index (χ1v) is 6.34. The molecule has 0 aromatic rings. The summed E-state index contributed by atoms with van der Waals surface area (Å²) >= 11 is 0. The minimum absolute atomic E-state index is 0.358. The Morgan fingerprint density at radius 1 is 1.25 bits per heavy atom. The molecule has 0 spiro atoms. The summed E-state index contributed by atoms with van der Waals surface area (Å²) in [5.74, 6) is -0.358. The van der Waals surface area contributed by atoms with E-state index >= 15 is 0 Å². The number of aliphatic hydroxyl groups excluding tert-OH is 1. The Bertz CT molecular complexity index is 186. The molecule has 0 radical (unpaired) electrons. The average Bonchev–Trinajstić information content (AvgIpc) is 2.27. The van der Waals surface area contributed by atoms with Gasteiger partial charge in [0.1, 0.15) is 6.10 Å². The van der Waals surface area contributed by atoms with Gasteiger partial charge in [0.05, 0.1) is 0 Å². The predicted octanol–water partition coefficient (Wildman–Crippen LogP) is 1.17. The fourth-order valence-corrected chi connectivity index (χ4v) is 1.61. The SMILES string of the molecule is CCCCCCC[C@H](N)[C@H](O)C(=O)NCC. The van der Waals surface area contributed by atoms with Gasteiger partial charge in [0.25, 0.3) is 0 Å². The smallest absolute Gasteiger partial charge is 0.250 e. The summed E-state index contributed by atoms with van der Waals surface area (Å²) in [6, 6.07) is -0.437. The van der Waals surface area contributed by atoms with Gasteiger partial charge in [0.15, 0.2) is 0 Å². The highest BCUT2D eigenvalue weighted by Crippen LogP contribution is 2.08. The molecule has 96 valence electrons. The Kier molecular flexibility index (Phi) is 9.24. The van der Waals surface area contributed by atoms with Crippen LogP contribution >= 0.6 is 0 Å². The fraction of sp³-hybridized carbons (Fsp3) is 0.917. The van der Waals surface area contributed by atoms with Crippen molar-refractivity contribution in [3.05, 3.63) is 0 Å². The third-order valence-corrected chi connectivity index (χ3v) is 2.67. The number of nitrogens with one attached hydrogen (secondary N) is 1. The number of amides is 1. The maximum atomic E-state index is 11.3. The van der Waals surface area contributed by atoms with Gasteiger partial charge in [0.2, 0.25) is 5.91 Å². The van der Waals surface area contributed by atoms with Crippen LogP contribution in [0.3, 0.4) is 0 Å². The largest absolute Gasteiger partial charge is 0.382 e. The lowest BCUT2D eigenvalue weighted by Gasteiger charge is -2.17. The molecule has 0 aliphatic heterocycles. The van der Waals surface area contributed by atoms with E-state index in [4.69, 9.17) is 5.73 Å². The summed E-state index contributed by atoms with van der Waals surface area (Å²) in [5.41, 5.74) is 5.75. The van der Waals surface area contributed by atoms with Gasteiger partial charge in [-0.15, -0.1) is 0 Å². The zero-order chi connectivity index (χ0) is 12.4. The Morgan fingerprint density at radius 3 is 2.44 bits per heavy atom. The molecule has 0 aromatic heterocycles. The minimum Gasteiger partial charge on any atom is -0.382 e. The van der Waals surface area contributed by atoms with Crippen molar-refractivity contribution in [1.29, 1.82) is 0 Å². The molecule has 0 fully saturated rings. The molecule has 4 nitrogen and oxygen atoms in total. The summed E-state index contributed by atoms with van der Waals surface area (Å²) < 4.78 is 0. The molecule has 0 aromatic carbocycles. The zero-order valence-corrected chi connectivity index (χ0v) is 10.5. The minimum atomic E-state index is -1.06. The van der Waals surface area contributed by atoms with Crippen molar-refractivity contribution in [3.63, 3.8) is 0 Å². The Labute approximate surface area is 98.6 Å². The number of likely N-dealkylation sites (N-methyl/N-ethyl adjacent to an activating group) is 1. The molecule has 0 saturated carbocycles. The lowest BCUT2D eigenvalue weighted by Crippen LogP contribution is -2.46. The highest BCUT2D eigenvalue weighted by molar-refractivity contribution is 5.81. The van der Waals surface area contributed by atoms with Crippen LogP contribution in [0, 0.1) is 0 Å². The van der Waals surface area contributed by atoms with Crippen molar-refractivity contribution in [3.8, 4) is 0 Å². The van der Waals surface area contributed by atoms with Gasteiger partial charge in [-0.05, 0) is 13.3 Å². The number of unbranched alkanes of at least 4 members (excludes halogenated alkanes) is 4. The number of aliphatic hydroxyl groups is 1. The molecule has 4 N–H and O–H groups in total. The molecule has 1 amide bonds. The molecule has 0 aliphatic rings. The third-order valence-electron chi connectivity index (χ3n) is 2.67. The van der Waals surface area contributed by atoms with Gasteiger partial charge >= 0.3 is 0 Å². The molecule has 16 heavy (non-hydrogen) atoms. The van der Waals surface area contributed by atoms with Crippen molar-refractivity contribution >= 4 is 5.91 Å². The number of hydrogen-bond donors (Lipinski definition) is 3. The van der Waals surface area contributed by atoms with E-state index < -0.39 is 12.1 Å². The first kappa shape index (κ1) is 15.4. The number of carbonyl (C=O) groups is 1. The van der Waals surface area contributed by atoms with E-state index in [9.17, 15) is 9.90 Å². The number of rotatable bonds is 9. The van der Waals surface area contributed by atoms with Gasteiger partial charge in [-0.2, -0.15) is 0 Å². The lowest BCUT2D eigenvalue weighted by molar-refractivity contribution is -0.130. The monoisotopic (exact) mass is 230 g/mol. The second-order valence-electron chi connectivity index (χ2n) is 4.21. The van der Waals surface area contributed by atoms with Crippen LogP contribution in [0.15, 0.2) is 0 Å². The molecular weight excluding hydrogens is 204 g/mol. The Hall–Kier alpha value is -0.610. The molecule has 2 atom stereocenters. The van der Waals surface area contributed by atoms with Gasteiger partial charge in [-0.25, -0.2) is 0 Å². The van der Waals surface area contributed by atoms with Crippen LogP contribution in [0.5, 0.6) is 0 Å². The van der Waals surface area contributed by atoms with Crippen LogP contribution in [0.1, 0.15) is 52.4 Å². The van der Waals surface area contributed by atoms with Gasteiger partial charge in [-0.3, -0.25) is 4.79 Å². The van der Waals surface area contributed by atoms with E-state index in [2.05, 4.69) is 12.2 Å². The summed E-state index contributed by atoms with van der Waals surface area (Å²) in [4.78, 5) is 11.3. The quantitative estimate of drug-likeness (QED) is 0.520. The van der Waals surface area contributed by atoms with E-state index in [1.807, 2.05) is 6.92 Å². The molecule has 0 saturated heterocycles. The van der Waals surface area contributed by atoms with E-state index in [0.717, 1.165) is 12.8 Å². The molecule has 0 bridgehead atoms. The van der Waals surface area contributed by atoms with E-state index in [1.54, 1.807) is 0 Å². The fourth-order valence-electron chi connectivity index (χ4n) is 1.61. The first-order chi connectivity index (χ1) is 7.63. The van der Waals surface area contributed by atoms with Crippen LogP contribution in [0.25, 0.3) is 0 Å². The molecule has 0 aliphatic carbocycles. The van der Waals surface area contributed by atoms with Crippen LogP contribution < -0.4 is 11.1 Å². The van der Waals surface area contributed by atoms with E-state index in [1.165, 1.54) is 19.3 Å². The molecule has 0 unspecified atom stereocenters. The topological polar surface area (TPSA) is 75.3 Å². The summed E-state index contributed by atoms with van der Waals surface area (Å²) in [6.45, 7) is 4.52. The van der Waals surface area contributed by atoms with Crippen LogP contribution in [0.4, 0.5) is 0 Å². The number of hydrogen-bond acceptors (Lipinski definition) is 3. The van der Waals surface area contributed by atoms with Crippen molar-refractivity contribution < 1.29 is 9.90 Å². The average molecular weight is 230 g/mol. The van der Waals surface area contributed by atoms with E-state index in [-0.39, 0.29) is 5.91 Å². The van der Waals surface area contributed by atoms with Crippen LogP contribution in [0.2, 0.25) is 0 Å². The van der Waals surface area contributed by atoms with Crippen molar-refractivity contribution in [2.45, 2.75) is 64.5 Å². The third kappa shape index (κ3) is 6.80. The van der Waals surface area contributed by atoms with Crippen molar-refractivity contribution in [1.82, 2.24) is 5.32 Å². The number of carbonyl (C=O) groups excluding carboxylic acids is 1. The first-order valence-electron chi connectivity index (χ1n) is 6.34. The van der Waals surface area contributed by atoms with Crippen LogP contribution in [-0.4, -0.2) is 29.7 Å². The van der Waals surface area contributed by atoms with Gasteiger partial charge in [0, 0.05) is 12.6 Å². The highest BCUT2D eigenvalue weighted by Gasteiger charge is 2.21. The highest BCUT2D eigenvalue weighted by atomic mass is 16.3. The van der Waals surface area contributed by atoms with Gasteiger partial charge in [-0.1, -0.05) is 39.0 Å². The molecule has 4 heteroatoms. The maximum absolute atomic E-state index is 11.3. The summed E-state index contributed by atoms with van der Waals surface area (Å²) in [6.07, 6.45) is 5.43. The zero-order valence-electron chi connectivity index (χ0n) is 10.5. The molecule has 0 rings (SSSR count). The Morgan fingerprint density at radius 2 is 1.88 bits per heavy atom. The standard InChI is InChI=1S/C12H26N2O2/c1-3-5-6-7-8-9-10(13)11(15)12(16)14-4-2/h10-11,15H,3-9,13H2,1-2H3,(H,14,16)/t10-,11-/m0/s1. The summed E-state index contributed by atoms with van der Waals surface area (Å²) in [5, 5.41) is 12.2. The molecule has 0 heterocycles. The number of nitrogens with two attached hydrogens (primary N) is 1. The normalized spacial score (nSPS) is 14.5. The lowest BCUT2D eigenvalue weighted by atomic mass is 10.0. The maximum Gasteiger partial charge on any atom is 0.250 e. The second kappa shape index (κ2) is 9.60. The van der Waals surface area contributed by atoms with Crippen molar-refractivity contribution in [2.24, 2.45) is 5.73 Å². The molecular formula is C12H26N2O2. The van der Waals surface area contributed by atoms with Crippen LogP contribution in [-0.2, 0) is 4.79 Å². The van der Waals surface area contributed by atoms with Gasteiger partial charge < -0.3 is 16.2 Å². The second-order valence-corrected chi connectivity index (χ2v) is 4.21. The summed E-state index contributed by atoms with van der Waals surface area (Å²) in [7, 11) is 0. The van der Waals surface area contributed by atoms with E-state index in [0.29, 0.717) is 13.0 Å². The Balaban J connectivity index is 3.62.